The number of thioether (sulfide) groups is 1. The highest BCUT2D eigenvalue weighted by Crippen LogP contribution is 2.23. The zero-order valence-corrected chi connectivity index (χ0v) is 7.66. The van der Waals surface area contributed by atoms with Crippen LogP contribution in [0.4, 0.5) is 0 Å². The van der Waals surface area contributed by atoms with Gasteiger partial charge in [0.15, 0.2) is 0 Å². The van der Waals surface area contributed by atoms with Gasteiger partial charge in [0.1, 0.15) is 11.5 Å². The summed E-state index contributed by atoms with van der Waals surface area (Å²) in [6.45, 7) is 0.338. The van der Waals surface area contributed by atoms with E-state index in [0.717, 1.165) is 11.8 Å². The summed E-state index contributed by atoms with van der Waals surface area (Å²) in [5.74, 6) is -0.895. The van der Waals surface area contributed by atoms with Crippen LogP contribution in [0, 0.1) is 0 Å². The van der Waals surface area contributed by atoms with Gasteiger partial charge in [0, 0.05) is 0 Å². The second kappa shape index (κ2) is 4.88. The summed E-state index contributed by atoms with van der Waals surface area (Å²) < 4.78 is 4.91. The summed E-state index contributed by atoms with van der Waals surface area (Å²) >= 11 is 1.07. The second-order valence-corrected chi connectivity index (χ2v) is 3.47. The molecule has 5 nitrogen and oxygen atoms in total. The predicted molar refractivity (Wildman–Crippen MR) is 47.5 cm³/mol. The third kappa shape index (κ3) is 3.08. The molecule has 1 unspecified atom stereocenters. The van der Waals surface area contributed by atoms with Gasteiger partial charge in [-0.15, -0.1) is 0 Å². The zero-order chi connectivity index (χ0) is 9.68. The normalized spacial score (nSPS) is 12.7. The Bertz CT molecular complexity index is 263. The minimum Gasteiger partial charge on any atom is -0.480 e. The van der Waals surface area contributed by atoms with E-state index in [2.05, 4.69) is 4.98 Å². The van der Waals surface area contributed by atoms with Gasteiger partial charge in [-0.2, -0.15) is 0 Å². The first-order chi connectivity index (χ1) is 6.24. The molecule has 0 spiro atoms. The quantitative estimate of drug-likeness (QED) is 0.678. The van der Waals surface area contributed by atoms with Gasteiger partial charge in [-0.05, 0) is 13.0 Å². The number of carboxylic acid groups (broad SMARTS) is 1. The standard InChI is InChI=1S/C7H10N2O3S/c8-2-1-5(6(10)11)13-7-9-3-4-12-7/h3-5H,1-2,8H2,(H,10,11). The molecular weight excluding hydrogens is 192 g/mol. The summed E-state index contributed by atoms with van der Waals surface area (Å²) in [6.07, 6.45) is 3.29. The van der Waals surface area contributed by atoms with E-state index in [0.29, 0.717) is 18.2 Å². The maximum atomic E-state index is 10.7. The minimum absolute atomic E-state index is 0.338. The lowest BCUT2D eigenvalue weighted by molar-refractivity contribution is -0.136. The molecule has 1 atom stereocenters. The van der Waals surface area contributed by atoms with Crippen LogP contribution in [-0.4, -0.2) is 27.9 Å². The lowest BCUT2D eigenvalue weighted by Crippen LogP contribution is -2.20. The van der Waals surface area contributed by atoms with Crippen molar-refractivity contribution in [3.8, 4) is 0 Å². The van der Waals surface area contributed by atoms with Crippen LogP contribution in [-0.2, 0) is 4.79 Å². The Morgan fingerprint density at radius 2 is 2.62 bits per heavy atom. The van der Waals surface area contributed by atoms with E-state index in [4.69, 9.17) is 15.3 Å². The molecule has 0 aliphatic carbocycles. The number of carboxylic acids is 1. The summed E-state index contributed by atoms with van der Waals surface area (Å²) in [5.41, 5.74) is 5.27. The molecule has 6 heteroatoms. The largest absolute Gasteiger partial charge is 0.480 e. The highest BCUT2D eigenvalue weighted by Gasteiger charge is 2.19. The SMILES string of the molecule is NCCC(Sc1ncco1)C(=O)O. The van der Waals surface area contributed by atoms with E-state index in [9.17, 15) is 4.79 Å². The molecule has 0 saturated heterocycles. The Morgan fingerprint density at radius 3 is 3.08 bits per heavy atom. The van der Waals surface area contributed by atoms with Gasteiger partial charge in [-0.3, -0.25) is 4.79 Å². The number of hydrogen-bond acceptors (Lipinski definition) is 5. The molecule has 0 bridgehead atoms. The number of nitrogens with zero attached hydrogens (tertiary/aromatic N) is 1. The predicted octanol–water partition coefficient (Wildman–Crippen LogP) is 0.569. The van der Waals surface area contributed by atoms with E-state index in [-0.39, 0.29) is 0 Å². The number of carbonyl (C=O) groups is 1. The number of nitrogens with two attached hydrogens (primary N) is 1. The number of rotatable bonds is 5. The first-order valence-electron chi connectivity index (χ1n) is 3.73. The first kappa shape index (κ1) is 10.1. The summed E-state index contributed by atoms with van der Waals surface area (Å²) in [6, 6.07) is 0. The van der Waals surface area contributed by atoms with Crippen molar-refractivity contribution in [2.75, 3.05) is 6.54 Å². The molecule has 0 fully saturated rings. The number of aliphatic carboxylic acids is 1. The maximum Gasteiger partial charge on any atom is 0.317 e. The first-order valence-corrected chi connectivity index (χ1v) is 4.61. The van der Waals surface area contributed by atoms with Crippen molar-refractivity contribution in [2.45, 2.75) is 16.9 Å². The molecular formula is C7H10N2O3S. The molecule has 13 heavy (non-hydrogen) atoms. The second-order valence-electron chi connectivity index (χ2n) is 2.32. The van der Waals surface area contributed by atoms with E-state index >= 15 is 0 Å². The van der Waals surface area contributed by atoms with Crippen LogP contribution in [0.2, 0.25) is 0 Å². The van der Waals surface area contributed by atoms with Gasteiger partial charge < -0.3 is 15.3 Å². The molecule has 0 saturated carbocycles. The smallest absolute Gasteiger partial charge is 0.317 e. The van der Waals surface area contributed by atoms with Crippen LogP contribution in [0.25, 0.3) is 0 Å². The molecule has 1 aromatic rings. The topological polar surface area (TPSA) is 89.4 Å². The molecule has 0 aliphatic heterocycles. The van der Waals surface area contributed by atoms with E-state index < -0.39 is 11.2 Å². The average molecular weight is 202 g/mol. The lowest BCUT2D eigenvalue weighted by Gasteiger charge is -2.06. The Morgan fingerprint density at radius 1 is 1.85 bits per heavy atom. The van der Waals surface area contributed by atoms with Crippen LogP contribution in [0.1, 0.15) is 6.42 Å². The van der Waals surface area contributed by atoms with Gasteiger partial charge in [-0.1, -0.05) is 11.8 Å². The van der Waals surface area contributed by atoms with Crippen molar-refractivity contribution in [1.82, 2.24) is 4.98 Å². The highest BCUT2D eigenvalue weighted by atomic mass is 32.2. The Hall–Kier alpha value is -1.01. The van der Waals surface area contributed by atoms with Crippen LogP contribution in [0.3, 0.4) is 0 Å². The van der Waals surface area contributed by atoms with Crippen LogP contribution >= 0.6 is 11.8 Å². The third-order valence-electron chi connectivity index (χ3n) is 1.36. The van der Waals surface area contributed by atoms with E-state index in [1.165, 1.54) is 12.5 Å². The van der Waals surface area contributed by atoms with E-state index in [1.54, 1.807) is 0 Å². The lowest BCUT2D eigenvalue weighted by atomic mass is 10.3. The van der Waals surface area contributed by atoms with Crippen molar-refractivity contribution >= 4 is 17.7 Å². The van der Waals surface area contributed by atoms with Gasteiger partial charge in [0.25, 0.3) is 5.22 Å². The fraction of sp³-hybridized carbons (Fsp3) is 0.429. The molecule has 0 radical (unpaired) electrons. The van der Waals surface area contributed by atoms with Crippen molar-refractivity contribution in [2.24, 2.45) is 5.73 Å². The molecule has 0 amide bonds. The Kier molecular flexibility index (Phi) is 3.78. The number of hydrogen-bond donors (Lipinski definition) is 2. The van der Waals surface area contributed by atoms with Crippen LogP contribution in [0.15, 0.2) is 22.1 Å². The highest BCUT2D eigenvalue weighted by molar-refractivity contribution is 8.00. The zero-order valence-electron chi connectivity index (χ0n) is 6.84. The van der Waals surface area contributed by atoms with E-state index in [1.807, 2.05) is 0 Å². The fourth-order valence-electron chi connectivity index (χ4n) is 0.774. The van der Waals surface area contributed by atoms with Crippen molar-refractivity contribution in [1.29, 1.82) is 0 Å². The van der Waals surface area contributed by atoms with Crippen molar-refractivity contribution < 1.29 is 14.3 Å². The molecule has 0 aliphatic rings. The third-order valence-corrected chi connectivity index (χ3v) is 2.48. The monoisotopic (exact) mass is 202 g/mol. The molecule has 3 N–H and O–H groups in total. The minimum atomic E-state index is -0.895. The summed E-state index contributed by atoms with van der Waals surface area (Å²) in [5, 5.41) is 8.54. The maximum absolute atomic E-state index is 10.7. The molecule has 72 valence electrons. The van der Waals surface area contributed by atoms with Gasteiger partial charge in [0.05, 0.1) is 6.20 Å². The Balaban J connectivity index is 2.52. The molecule has 1 aromatic heterocycles. The molecule has 1 rings (SSSR count). The number of aromatic nitrogens is 1. The average Bonchev–Trinajstić information content (AvgIpc) is 2.56. The molecule has 0 aromatic carbocycles. The van der Waals surface area contributed by atoms with Gasteiger partial charge in [-0.25, -0.2) is 4.98 Å². The summed E-state index contributed by atoms with van der Waals surface area (Å²) in [7, 11) is 0. The molecule has 1 heterocycles. The van der Waals surface area contributed by atoms with Crippen LogP contribution < -0.4 is 5.73 Å². The van der Waals surface area contributed by atoms with Gasteiger partial charge >= 0.3 is 5.97 Å². The van der Waals surface area contributed by atoms with Crippen molar-refractivity contribution in [3.63, 3.8) is 0 Å². The summed E-state index contributed by atoms with van der Waals surface area (Å²) in [4.78, 5) is 14.5. The van der Waals surface area contributed by atoms with Gasteiger partial charge in [0.2, 0.25) is 0 Å². The Labute approximate surface area is 79.3 Å². The number of oxazole rings is 1. The van der Waals surface area contributed by atoms with Crippen molar-refractivity contribution in [3.05, 3.63) is 12.5 Å². The van der Waals surface area contributed by atoms with Crippen LogP contribution in [0.5, 0.6) is 0 Å². The fourth-order valence-corrected chi connectivity index (χ4v) is 1.61.